The van der Waals surface area contributed by atoms with E-state index in [-0.39, 0.29) is 16.6 Å². The van der Waals surface area contributed by atoms with Gasteiger partial charge in [-0.1, -0.05) is 30.3 Å². The molecule has 0 unspecified atom stereocenters. The lowest BCUT2D eigenvalue weighted by atomic mass is 10.1. The van der Waals surface area contributed by atoms with Crippen molar-refractivity contribution < 1.29 is 12.8 Å². The summed E-state index contributed by atoms with van der Waals surface area (Å²) in [6.07, 6.45) is 0. The van der Waals surface area contributed by atoms with E-state index >= 15 is 0 Å². The number of hydrogen-bond donors (Lipinski definition) is 1. The zero-order chi connectivity index (χ0) is 14.3. The average molecular weight is 291 g/mol. The maximum atomic E-state index is 13.2. The molecular weight excluding hydrogens is 277 g/mol. The van der Waals surface area contributed by atoms with Crippen molar-refractivity contribution in [3.63, 3.8) is 0 Å². The molecule has 0 bridgehead atoms. The van der Waals surface area contributed by atoms with Crippen molar-refractivity contribution in [3.8, 4) is 0 Å². The molecule has 2 aromatic rings. The normalized spacial score (nSPS) is 25.4. The maximum Gasteiger partial charge on any atom is 0.183 e. The number of benzene rings is 2. The predicted octanol–water partition coefficient (Wildman–Crippen LogP) is 2.09. The lowest BCUT2D eigenvalue weighted by molar-refractivity contribution is 0.593. The molecule has 0 amide bonds. The molecule has 1 aliphatic rings. The van der Waals surface area contributed by atoms with Crippen LogP contribution in [0.3, 0.4) is 0 Å². The van der Waals surface area contributed by atoms with Crippen LogP contribution in [0.2, 0.25) is 0 Å². The fourth-order valence-electron chi connectivity index (χ4n) is 2.60. The Balaban J connectivity index is 1.94. The zero-order valence-corrected chi connectivity index (χ0v) is 11.4. The van der Waals surface area contributed by atoms with Gasteiger partial charge in [-0.15, -0.1) is 0 Å². The van der Waals surface area contributed by atoms with Gasteiger partial charge in [0.1, 0.15) is 5.82 Å². The smallest absolute Gasteiger partial charge is 0.183 e. The molecule has 1 fully saturated rings. The van der Waals surface area contributed by atoms with Gasteiger partial charge in [0.15, 0.2) is 9.84 Å². The van der Waals surface area contributed by atoms with Crippen molar-refractivity contribution in [1.82, 2.24) is 0 Å². The fourth-order valence-corrected chi connectivity index (χ4v) is 4.67. The summed E-state index contributed by atoms with van der Waals surface area (Å²) in [7, 11) is -3.47. The maximum absolute atomic E-state index is 13.2. The van der Waals surface area contributed by atoms with Crippen LogP contribution in [-0.4, -0.2) is 19.7 Å². The topological polar surface area (TPSA) is 60.2 Å². The Morgan fingerprint density at radius 3 is 2.35 bits per heavy atom. The van der Waals surface area contributed by atoms with E-state index in [9.17, 15) is 12.8 Å². The molecule has 5 heteroatoms. The van der Waals surface area contributed by atoms with Gasteiger partial charge in [0.25, 0.3) is 0 Å². The molecule has 0 heterocycles. The van der Waals surface area contributed by atoms with Crippen LogP contribution < -0.4 is 5.73 Å². The molecule has 3 rings (SSSR count). The number of halogens is 1. The molecule has 3 nitrogen and oxygen atoms in total. The van der Waals surface area contributed by atoms with Gasteiger partial charge in [-0.05, 0) is 29.8 Å². The Hall–Kier alpha value is -1.72. The minimum absolute atomic E-state index is 0.263. The predicted molar refractivity (Wildman–Crippen MR) is 74.5 cm³/mol. The first-order chi connectivity index (χ1) is 9.51. The van der Waals surface area contributed by atoms with E-state index in [1.807, 2.05) is 0 Å². The Bertz CT molecular complexity index is 731. The molecule has 0 spiro atoms. The van der Waals surface area contributed by atoms with Gasteiger partial charge >= 0.3 is 0 Å². The summed E-state index contributed by atoms with van der Waals surface area (Å²) in [4.78, 5) is 0.263. The van der Waals surface area contributed by atoms with E-state index in [0.717, 1.165) is 0 Å². The molecule has 104 valence electrons. The summed E-state index contributed by atoms with van der Waals surface area (Å²) in [6.45, 7) is 0. The number of nitrogens with two attached hydrogens (primary N) is 1. The Morgan fingerprint density at radius 2 is 1.70 bits per heavy atom. The standard InChI is InChI=1S/C15H14FNO2S/c16-11-6-4-5-10(9-11)13-14(17)15(13)20(18,19)12-7-2-1-3-8-12/h1-9,13-15H,17H2/t13-,14+,15+/m0/s1. The van der Waals surface area contributed by atoms with Crippen molar-refractivity contribution in [3.05, 3.63) is 66.0 Å². The second kappa shape index (κ2) is 4.68. The summed E-state index contributed by atoms with van der Waals surface area (Å²) in [5, 5.41) is -0.674. The molecule has 0 aliphatic heterocycles. The van der Waals surface area contributed by atoms with E-state index in [1.165, 1.54) is 12.1 Å². The first-order valence-electron chi connectivity index (χ1n) is 6.32. The van der Waals surface area contributed by atoms with Gasteiger partial charge in [0.2, 0.25) is 0 Å². The second-order valence-electron chi connectivity index (χ2n) is 4.98. The van der Waals surface area contributed by atoms with Crippen molar-refractivity contribution in [1.29, 1.82) is 0 Å². The summed E-state index contributed by atoms with van der Waals surface area (Å²) >= 11 is 0. The van der Waals surface area contributed by atoms with Gasteiger partial charge in [-0.25, -0.2) is 12.8 Å². The van der Waals surface area contributed by atoms with Crippen molar-refractivity contribution in [2.24, 2.45) is 5.73 Å². The molecular formula is C15H14FNO2S. The quantitative estimate of drug-likeness (QED) is 0.942. The van der Waals surface area contributed by atoms with Crippen LogP contribution in [0.5, 0.6) is 0 Å². The first-order valence-corrected chi connectivity index (χ1v) is 7.86. The molecule has 0 aromatic heterocycles. The highest BCUT2D eigenvalue weighted by atomic mass is 32.2. The lowest BCUT2D eigenvalue weighted by Crippen LogP contribution is -2.15. The van der Waals surface area contributed by atoms with Crippen LogP contribution in [0.4, 0.5) is 4.39 Å². The molecule has 1 aliphatic carbocycles. The second-order valence-corrected chi connectivity index (χ2v) is 7.09. The number of hydrogen-bond acceptors (Lipinski definition) is 3. The van der Waals surface area contributed by atoms with Crippen molar-refractivity contribution >= 4 is 9.84 Å². The first kappa shape index (κ1) is 13.3. The Morgan fingerprint density at radius 1 is 1.00 bits per heavy atom. The van der Waals surface area contributed by atoms with E-state index in [4.69, 9.17) is 5.73 Å². The van der Waals surface area contributed by atoms with Crippen molar-refractivity contribution in [2.75, 3.05) is 0 Å². The van der Waals surface area contributed by atoms with E-state index in [2.05, 4.69) is 0 Å². The van der Waals surface area contributed by atoms with Crippen LogP contribution >= 0.6 is 0 Å². The van der Waals surface area contributed by atoms with E-state index in [1.54, 1.807) is 42.5 Å². The van der Waals surface area contributed by atoms with Crippen LogP contribution in [0.15, 0.2) is 59.5 Å². The largest absolute Gasteiger partial charge is 0.326 e. The lowest BCUT2D eigenvalue weighted by Gasteiger charge is -2.03. The highest BCUT2D eigenvalue weighted by molar-refractivity contribution is 7.92. The highest BCUT2D eigenvalue weighted by Gasteiger charge is 2.57. The van der Waals surface area contributed by atoms with Crippen LogP contribution in [0.1, 0.15) is 11.5 Å². The van der Waals surface area contributed by atoms with E-state index < -0.39 is 21.1 Å². The van der Waals surface area contributed by atoms with Crippen LogP contribution in [0.25, 0.3) is 0 Å². The molecule has 3 atom stereocenters. The van der Waals surface area contributed by atoms with Gasteiger partial charge < -0.3 is 5.73 Å². The third kappa shape index (κ3) is 2.13. The minimum atomic E-state index is -3.47. The number of rotatable bonds is 3. The Labute approximate surface area is 117 Å². The van der Waals surface area contributed by atoms with Crippen molar-refractivity contribution in [2.45, 2.75) is 22.1 Å². The van der Waals surface area contributed by atoms with Gasteiger partial charge in [0, 0.05) is 12.0 Å². The minimum Gasteiger partial charge on any atom is -0.326 e. The van der Waals surface area contributed by atoms with E-state index in [0.29, 0.717) is 5.56 Å². The average Bonchev–Trinajstić information content (AvgIpc) is 3.12. The molecule has 1 saturated carbocycles. The Kier molecular flexibility index (Phi) is 3.11. The summed E-state index contributed by atoms with van der Waals surface area (Å²) < 4.78 is 38.2. The third-order valence-corrected chi connectivity index (χ3v) is 5.92. The molecule has 20 heavy (non-hydrogen) atoms. The zero-order valence-electron chi connectivity index (χ0n) is 10.6. The number of sulfone groups is 1. The van der Waals surface area contributed by atoms with Crippen LogP contribution in [-0.2, 0) is 9.84 Å². The van der Waals surface area contributed by atoms with Gasteiger partial charge in [0.05, 0.1) is 10.1 Å². The third-order valence-electron chi connectivity index (χ3n) is 3.67. The monoisotopic (exact) mass is 291 g/mol. The molecule has 2 aromatic carbocycles. The SMILES string of the molecule is N[C@@H]1[C@H](c2cccc(F)c2)[C@H]1S(=O)(=O)c1ccccc1. The van der Waals surface area contributed by atoms with Gasteiger partial charge in [-0.2, -0.15) is 0 Å². The molecule has 0 radical (unpaired) electrons. The van der Waals surface area contributed by atoms with Crippen LogP contribution in [0, 0.1) is 5.82 Å². The van der Waals surface area contributed by atoms with Gasteiger partial charge in [-0.3, -0.25) is 0 Å². The summed E-state index contributed by atoms with van der Waals surface area (Å²) in [5.41, 5.74) is 6.56. The summed E-state index contributed by atoms with van der Waals surface area (Å²) in [6, 6.07) is 13.7. The highest BCUT2D eigenvalue weighted by Crippen LogP contribution is 2.47. The fraction of sp³-hybridized carbons (Fsp3) is 0.200. The molecule has 2 N–H and O–H groups in total. The summed E-state index contributed by atoms with van der Waals surface area (Å²) in [5.74, 6) is -0.714. The molecule has 0 saturated heterocycles.